The van der Waals surface area contributed by atoms with E-state index in [9.17, 15) is 0 Å². The second-order valence-corrected chi connectivity index (χ2v) is 9.50. The van der Waals surface area contributed by atoms with E-state index in [-0.39, 0.29) is 0 Å². The van der Waals surface area contributed by atoms with E-state index in [1.54, 1.807) is 51.4 Å². The summed E-state index contributed by atoms with van der Waals surface area (Å²) in [6, 6.07) is 0. The smallest absolute Gasteiger partial charge is 0.0697 e. The first kappa shape index (κ1) is 17.0. The molecule has 0 bridgehead atoms. The van der Waals surface area contributed by atoms with Crippen molar-refractivity contribution in [2.24, 2.45) is 23.7 Å². The molecule has 0 unspecified atom stereocenters. The van der Waals surface area contributed by atoms with Crippen LogP contribution in [0.4, 0.5) is 0 Å². The van der Waals surface area contributed by atoms with Gasteiger partial charge in [0.1, 0.15) is 15.7 Å². The predicted molar refractivity (Wildman–Crippen MR) is 103 cm³/mol. The Bertz CT molecular complexity index is 306. The summed E-state index contributed by atoms with van der Waals surface area (Å²) >= 11 is 0. The third-order valence-electron chi connectivity index (χ3n) is 7.74. The maximum absolute atomic E-state index is 2.46. The first-order chi connectivity index (χ1) is 10.7. The van der Waals surface area contributed by atoms with Crippen molar-refractivity contribution in [1.82, 2.24) is 0 Å². The minimum Gasteiger partial charge on any atom is -0.0697 e. The summed E-state index contributed by atoms with van der Waals surface area (Å²) in [5.74, 6) is 6.44. The minimum atomic E-state index is 1.02. The van der Waals surface area contributed by atoms with Crippen LogP contribution in [0.25, 0.3) is 0 Å². The molecule has 3 rings (SSSR count). The molecule has 0 atom stereocenters. The number of rotatable bonds is 4. The van der Waals surface area contributed by atoms with E-state index in [0.717, 1.165) is 35.3 Å². The highest BCUT2D eigenvalue weighted by molar-refractivity contribution is 6.11. The zero-order chi connectivity index (χ0) is 15.4. The van der Waals surface area contributed by atoms with E-state index in [1.165, 1.54) is 38.5 Å². The maximum atomic E-state index is 2.46. The van der Waals surface area contributed by atoms with Gasteiger partial charge in [-0.15, -0.1) is 0 Å². The monoisotopic (exact) mass is 300 g/mol. The van der Waals surface area contributed by atoms with Crippen LogP contribution in [0.5, 0.6) is 0 Å². The highest BCUT2D eigenvalue weighted by atomic mass is 14.3. The Hall–Kier alpha value is 0.130. The Morgan fingerprint density at radius 3 is 1.23 bits per heavy atom. The lowest BCUT2D eigenvalue weighted by molar-refractivity contribution is 0.158. The molecule has 0 aromatic heterocycles. The molecule has 2 heteroatoms. The van der Waals surface area contributed by atoms with Gasteiger partial charge in [-0.25, -0.2) is 0 Å². The van der Waals surface area contributed by atoms with Gasteiger partial charge >= 0.3 is 0 Å². The van der Waals surface area contributed by atoms with Gasteiger partial charge in [-0.3, -0.25) is 0 Å². The SMILES string of the molecule is BC1CCC(CCC2CCC(C3CCC(B)CC3)CC2)CC1. The van der Waals surface area contributed by atoms with Gasteiger partial charge in [0, 0.05) is 0 Å². The molecule has 0 N–H and O–H groups in total. The van der Waals surface area contributed by atoms with Crippen molar-refractivity contribution in [3.05, 3.63) is 0 Å². The van der Waals surface area contributed by atoms with E-state index in [1.807, 2.05) is 0 Å². The molecule has 3 saturated carbocycles. The van der Waals surface area contributed by atoms with Crippen molar-refractivity contribution in [1.29, 1.82) is 0 Å². The summed E-state index contributed by atoms with van der Waals surface area (Å²) in [6.07, 6.45) is 21.7. The van der Waals surface area contributed by atoms with Crippen molar-refractivity contribution in [2.45, 2.75) is 102 Å². The van der Waals surface area contributed by atoms with Crippen molar-refractivity contribution in [3.8, 4) is 0 Å². The van der Waals surface area contributed by atoms with Crippen LogP contribution >= 0.6 is 0 Å². The molecule has 0 heterocycles. The number of hydrogen-bond acceptors (Lipinski definition) is 0. The van der Waals surface area contributed by atoms with Crippen LogP contribution in [0.1, 0.15) is 89.9 Å². The fraction of sp³-hybridized carbons (Fsp3) is 1.00. The van der Waals surface area contributed by atoms with Crippen molar-refractivity contribution in [3.63, 3.8) is 0 Å². The van der Waals surface area contributed by atoms with Gasteiger partial charge in [-0.1, -0.05) is 88.7 Å². The number of hydrogen-bond donors (Lipinski definition) is 0. The van der Waals surface area contributed by atoms with Gasteiger partial charge in [0.2, 0.25) is 0 Å². The van der Waals surface area contributed by atoms with Crippen LogP contribution in [0.2, 0.25) is 11.6 Å². The average Bonchev–Trinajstić information content (AvgIpc) is 2.56. The summed E-state index contributed by atoms with van der Waals surface area (Å²) < 4.78 is 0. The third kappa shape index (κ3) is 4.81. The summed E-state index contributed by atoms with van der Waals surface area (Å²) in [5, 5.41) is 0. The molecule has 0 spiro atoms. The Labute approximate surface area is 141 Å². The Balaban J connectivity index is 1.32. The lowest BCUT2D eigenvalue weighted by Crippen LogP contribution is -2.25. The second kappa shape index (κ2) is 8.29. The second-order valence-electron chi connectivity index (χ2n) is 9.50. The van der Waals surface area contributed by atoms with Gasteiger partial charge in [0.15, 0.2) is 0 Å². The van der Waals surface area contributed by atoms with E-state index >= 15 is 0 Å². The quantitative estimate of drug-likeness (QED) is 0.654. The molecule has 0 radical (unpaired) electrons. The summed E-state index contributed by atoms with van der Waals surface area (Å²) in [5.41, 5.74) is 0. The summed E-state index contributed by atoms with van der Waals surface area (Å²) in [7, 11) is 4.91. The van der Waals surface area contributed by atoms with Gasteiger partial charge in [0.25, 0.3) is 0 Å². The van der Waals surface area contributed by atoms with Crippen LogP contribution in [0, 0.1) is 23.7 Å². The summed E-state index contributed by atoms with van der Waals surface area (Å²) in [4.78, 5) is 0. The molecule has 0 saturated heterocycles. The molecule has 124 valence electrons. The van der Waals surface area contributed by atoms with Gasteiger partial charge in [0.05, 0.1) is 0 Å². The predicted octanol–water partition coefficient (Wildman–Crippen LogP) is 4.80. The van der Waals surface area contributed by atoms with Crippen LogP contribution in [-0.4, -0.2) is 15.7 Å². The molecule has 0 aliphatic heterocycles. The van der Waals surface area contributed by atoms with E-state index < -0.39 is 0 Å². The molecule has 3 fully saturated rings. The standard InChI is InChI=1S/C20H38B2/c21-19-11-5-16(6-12-19)2-1-15-3-7-17(8-4-15)18-9-13-20(22)14-10-18/h15-20H,1-14,21-22H2. The highest BCUT2D eigenvalue weighted by Crippen LogP contribution is 2.43. The van der Waals surface area contributed by atoms with Gasteiger partial charge in [-0.05, 0) is 36.5 Å². The maximum Gasteiger partial charge on any atom is 0.105 e. The molecule has 3 aliphatic carbocycles. The van der Waals surface area contributed by atoms with Gasteiger partial charge in [-0.2, -0.15) is 0 Å². The molecule has 0 nitrogen and oxygen atoms in total. The minimum absolute atomic E-state index is 1.02. The first-order valence-corrected chi connectivity index (χ1v) is 10.7. The molecule has 3 aliphatic rings. The van der Waals surface area contributed by atoms with Crippen molar-refractivity contribution >= 4 is 15.7 Å². The van der Waals surface area contributed by atoms with Crippen molar-refractivity contribution in [2.75, 3.05) is 0 Å². The topological polar surface area (TPSA) is 0 Å². The van der Waals surface area contributed by atoms with Crippen LogP contribution in [0.15, 0.2) is 0 Å². The van der Waals surface area contributed by atoms with E-state index in [0.29, 0.717) is 0 Å². The Morgan fingerprint density at radius 1 is 0.455 bits per heavy atom. The first-order valence-electron chi connectivity index (χ1n) is 10.7. The fourth-order valence-electron chi connectivity index (χ4n) is 5.79. The largest absolute Gasteiger partial charge is 0.105 e. The molecule has 0 aromatic carbocycles. The van der Waals surface area contributed by atoms with Crippen LogP contribution < -0.4 is 0 Å². The highest BCUT2D eigenvalue weighted by Gasteiger charge is 2.30. The Kier molecular flexibility index (Phi) is 6.40. The molecular weight excluding hydrogens is 262 g/mol. The third-order valence-corrected chi connectivity index (χ3v) is 7.74. The Morgan fingerprint density at radius 2 is 0.773 bits per heavy atom. The van der Waals surface area contributed by atoms with Crippen LogP contribution in [-0.2, 0) is 0 Å². The lowest BCUT2D eigenvalue weighted by atomic mass is 9.65. The van der Waals surface area contributed by atoms with E-state index in [2.05, 4.69) is 15.7 Å². The molecule has 0 aromatic rings. The fourth-order valence-corrected chi connectivity index (χ4v) is 5.79. The molecular formula is C20H38B2. The van der Waals surface area contributed by atoms with E-state index in [4.69, 9.17) is 0 Å². The van der Waals surface area contributed by atoms with Crippen molar-refractivity contribution < 1.29 is 0 Å². The molecule has 22 heavy (non-hydrogen) atoms. The zero-order valence-electron chi connectivity index (χ0n) is 15.4. The molecule has 0 amide bonds. The normalized spacial score (nSPS) is 43.8. The average molecular weight is 300 g/mol. The zero-order valence-corrected chi connectivity index (χ0v) is 15.4. The van der Waals surface area contributed by atoms with Crippen LogP contribution in [0.3, 0.4) is 0 Å². The lowest BCUT2D eigenvalue weighted by Gasteiger charge is -2.37. The summed E-state index contributed by atoms with van der Waals surface area (Å²) in [6.45, 7) is 0. The van der Waals surface area contributed by atoms with Gasteiger partial charge < -0.3 is 0 Å².